The van der Waals surface area contributed by atoms with Gasteiger partial charge < -0.3 is 0 Å². The third-order valence-corrected chi connectivity index (χ3v) is 1.78. The van der Waals surface area contributed by atoms with E-state index in [-0.39, 0.29) is 12.0 Å². The van der Waals surface area contributed by atoms with Crippen molar-refractivity contribution in [2.45, 2.75) is 26.9 Å². The van der Waals surface area contributed by atoms with Gasteiger partial charge in [0, 0.05) is 5.56 Å². The molecule has 14 heavy (non-hydrogen) atoms. The summed E-state index contributed by atoms with van der Waals surface area (Å²) in [5.41, 5.74) is 3.99. The summed E-state index contributed by atoms with van der Waals surface area (Å²) < 4.78 is 0. The highest BCUT2D eigenvalue weighted by Crippen LogP contribution is 2.06. The maximum absolute atomic E-state index is 11.5. The van der Waals surface area contributed by atoms with Gasteiger partial charge in [-0.1, -0.05) is 18.2 Å². The van der Waals surface area contributed by atoms with E-state index in [1.807, 2.05) is 39.0 Å². The van der Waals surface area contributed by atoms with E-state index in [1.165, 1.54) is 0 Å². The number of aryl methyl sites for hydroxylation is 1. The summed E-state index contributed by atoms with van der Waals surface area (Å²) in [5, 5.41) is 0. The molecule has 0 aromatic heterocycles. The van der Waals surface area contributed by atoms with E-state index in [1.54, 1.807) is 6.07 Å². The minimum Gasteiger partial charge on any atom is -0.271 e. The molecule has 76 valence electrons. The number of carbonyl (C=O) groups excluding carboxylic acids is 1. The van der Waals surface area contributed by atoms with E-state index in [2.05, 4.69) is 5.48 Å². The molecule has 0 radical (unpaired) electrons. The minimum absolute atomic E-state index is 0.0111. The van der Waals surface area contributed by atoms with Crippen LogP contribution >= 0.6 is 0 Å². The Kier molecular flexibility index (Phi) is 3.65. The van der Waals surface area contributed by atoms with E-state index in [9.17, 15) is 4.79 Å². The summed E-state index contributed by atoms with van der Waals surface area (Å²) in [4.78, 5) is 16.5. The molecule has 0 atom stereocenters. The molecule has 1 aromatic carbocycles. The Balaban J connectivity index is 2.65. The highest BCUT2D eigenvalue weighted by Gasteiger charge is 2.07. The number of hydrogen-bond donors (Lipinski definition) is 1. The van der Waals surface area contributed by atoms with Crippen molar-refractivity contribution in [1.29, 1.82) is 0 Å². The maximum Gasteiger partial charge on any atom is 0.275 e. The number of amides is 1. The first-order valence-electron chi connectivity index (χ1n) is 4.63. The second-order valence-electron chi connectivity index (χ2n) is 3.41. The van der Waals surface area contributed by atoms with Crippen LogP contribution in [0.15, 0.2) is 24.3 Å². The third kappa shape index (κ3) is 2.85. The fourth-order valence-corrected chi connectivity index (χ4v) is 1.05. The summed E-state index contributed by atoms with van der Waals surface area (Å²) >= 11 is 0. The van der Waals surface area contributed by atoms with Crippen LogP contribution in [0.25, 0.3) is 0 Å². The highest BCUT2D eigenvalue weighted by atomic mass is 16.7. The topological polar surface area (TPSA) is 38.3 Å². The average Bonchev–Trinajstić information content (AvgIpc) is 2.15. The number of hydrogen-bond acceptors (Lipinski definition) is 2. The van der Waals surface area contributed by atoms with Crippen LogP contribution in [0.3, 0.4) is 0 Å². The van der Waals surface area contributed by atoms with Gasteiger partial charge in [0.05, 0.1) is 6.10 Å². The van der Waals surface area contributed by atoms with Crippen LogP contribution in [0.5, 0.6) is 0 Å². The van der Waals surface area contributed by atoms with Gasteiger partial charge in [-0.15, -0.1) is 0 Å². The number of rotatable bonds is 3. The fraction of sp³-hybridized carbons (Fsp3) is 0.364. The molecule has 0 aliphatic carbocycles. The highest BCUT2D eigenvalue weighted by molar-refractivity contribution is 5.94. The second kappa shape index (κ2) is 4.77. The lowest BCUT2D eigenvalue weighted by Crippen LogP contribution is -2.27. The summed E-state index contributed by atoms with van der Waals surface area (Å²) in [6, 6.07) is 7.39. The molecule has 3 nitrogen and oxygen atoms in total. The Morgan fingerprint density at radius 1 is 1.36 bits per heavy atom. The van der Waals surface area contributed by atoms with E-state index in [4.69, 9.17) is 4.84 Å². The summed E-state index contributed by atoms with van der Waals surface area (Å²) in [7, 11) is 0. The van der Waals surface area contributed by atoms with Crippen LogP contribution in [0, 0.1) is 6.92 Å². The van der Waals surface area contributed by atoms with Gasteiger partial charge in [-0.25, -0.2) is 5.48 Å². The Hall–Kier alpha value is -1.35. The van der Waals surface area contributed by atoms with Crippen LogP contribution < -0.4 is 5.48 Å². The summed E-state index contributed by atoms with van der Waals surface area (Å²) in [6.45, 7) is 5.61. The Labute approximate surface area is 84.0 Å². The first-order chi connectivity index (χ1) is 6.61. The molecule has 0 fully saturated rings. The molecule has 1 rings (SSSR count). The smallest absolute Gasteiger partial charge is 0.271 e. The Morgan fingerprint density at radius 3 is 2.57 bits per heavy atom. The van der Waals surface area contributed by atoms with E-state index < -0.39 is 0 Å². The first-order valence-corrected chi connectivity index (χ1v) is 4.63. The number of benzene rings is 1. The van der Waals surface area contributed by atoms with Gasteiger partial charge in [0.1, 0.15) is 0 Å². The number of hydroxylamine groups is 1. The standard InChI is InChI=1S/C11H15NO2/c1-8(2)14-12-11(13)10-7-5-4-6-9(10)3/h4-8H,1-3H3,(H,12,13). The Bertz CT molecular complexity index is 321. The molecule has 1 N–H and O–H groups in total. The quantitative estimate of drug-likeness (QED) is 0.746. The number of carbonyl (C=O) groups is 1. The van der Waals surface area contributed by atoms with Crippen molar-refractivity contribution < 1.29 is 9.63 Å². The maximum atomic E-state index is 11.5. The molecule has 0 saturated carbocycles. The lowest BCUT2D eigenvalue weighted by molar-refractivity contribution is 0.000146. The van der Waals surface area contributed by atoms with Crippen molar-refractivity contribution in [3.63, 3.8) is 0 Å². The van der Waals surface area contributed by atoms with Crippen molar-refractivity contribution in [1.82, 2.24) is 5.48 Å². The second-order valence-corrected chi connectivity index (χ2v) is 3.41. The molecular formula is C11H15NO2. The Morgan fingerprint density at radius 2 is 2.00 bits per heavy atom. The monoisotopic (exact) mass is 193 g/mol. The predicted molar refractivity (Wildman–Crippen MR) is 54.9 cm³/mol. The molecule has 1 amide bonds. The molecule has 1 aromatic rings. The molecule has 0 aliphatic rings. The molecule has 0 heterocycles. The predicted octanol–water partition coefficient (Wildman–Crippen LogP) is 2.06. The van der Waals surface area contributed by atoms with Crippen molar-refractivity contribution >= 4 is 5.91 Å². The first kappa shape index (κ1) is 10.7. The molecule has 3 heteroatoms. The largest absolute Gasteiger partial charge is 0.275 e. The normalized spacial score (nSPS) is 10.3. The zero-order valence-electron chi connectivity index (χ0n) is 8.70. The molecule has 0 spiro atoms. The van der Waals surface area contributed by atoms with E-state index in [0.717, 1.165) is 5.56 Å². The van der Waals surface area contributed by atoms with Crippen molar-refractivity contribution in [3.8, 4) is 0 Å². The van der Waals surface area contributed by atoms with Gasteiger partial charge in [0.15, 0.2) is 0 Å². The third-order valence-electron chi connectivity index (χ3n) is 1.78. The molecule has 0 bridgehead atoms. The van der Waals surface area contributed by atoms with Crippen LogP contribution in [0.4, 0.5) is 0 Å². The van der Waals surface area contributed by atoms with Crippen LogP contribution in [0.1, 0.15) is 29.8 Å². The molecule has 0 unspecified atom stereocenters. The van der Waals surface area contributed by atoms with E-state index in [0.29, 0.717) is 5.56 Å². The van der Waals surface area contributed by atoms with Crippen LogP contribution in [-0.2, 0) is 4.84 Å². The average molecular weight is 193 g/mol. The van der Waals surface area contributed by atoms with Gasteiger partial charge in [-0.3, -0.25) is 9.63 Å². The molecular weight excluding hydrogens is 178 g/mol. The van der Waals surface area contributed by atoms with Gasteiger partial charge in [-0.2, -0.15) is 0 Å². The number of nitrogens with one attached hydrogen (secondary N) is 1. The van der Waals surface area contributed by atoms with Crippen LogP contribution in [0.2, 0.25) is 0 Å². The lowest BCUT2D eigenvalue weighted by atomic mass is 10.1. The van der Waals surface area contributed by atoms with E-state index >= 15 is 0 Å². The van der Waals surface area contributed by atoms with Crippen LogP contribution in [-0.4, -0.2) is 12.0 Å². The van der Waals surface area contributed by atoms with Gasteiger partial charge >= 0.3 is 0 Å². The summed E-state index contributed by atoms with van der Waals surface area (Å²) in [5.74, 6) is -0.197. The fourth-order valence-electron chi connectivity index (χ4n) is 1.05. The zero-order valence-corrected chi connectivity index (χ0v) is 8.70. The SMILES string of the molecule is Cc1ccccc1C(=O)NOC(C)C. The van der Waals surface area contributed by atoms with Crippen molar-refractivity contribution in [3.05, 3.63) is 35.4 Å². The van der Waals surface area contributed by atoms with Gasteiger partial charge in [0.25, 0.3) is 5.91 Å². The van der Waals surface area contributed by atoms with Crippen molar-refractivity contribution in [2.75, 3.05) is 0 Å². The lowest BCUT2D eigenvalue weighted by Gasteiger charge is -2.09. The van der Waals surface area contributed by atoms with Gasteiger partial charge in [0.2, 0.25) is 0 Å². The zero-order chi connectivity index (χ0) is 10.6. The molecule has 0 saturated heterocycles. The summed E-state index contributed by atoms with van der Waals surface area (Å²) in [6.07, 6.45) is -0.0111. The van der Waals surface area contributed by atoms with Crippen molar-refractivity contribution in [2.24, 2.45) is 0 Å². The minimum atomic E-state index is -0.197. The van der Waals surface area contributed by atoms with Gasteiger partial charge in [-0.05, 0) is 32.4 Å². The molecule has 0 aliphatic heterocycles.